The molecule has 1 aliphatic rings. The molecule has 6 heteroatoms. The average molecular weight is 294 g/mol. The molecule has 1 aromatic rings. The van der Waals surface area contributed by atoms with Crippen LogP contribution in [0.5, 0.6) is 5.75 Å². The van der Waals surface area contributed by atoms with Crippen LogP contribution in [-0.2, 0) is 4.74 Å². The number of aryl methyl sites for hydroxylation is 1. The standard InChI is InChI=1S/C15H22N2O4/c1-4-17(13-8-21-9-14(13)18)15(19)16-12-6-5-11(20-3)7-10(12)2/h5-7,13-14,18H,4,8-9H2,1-3H3,(H,16,19)/t13-,14-/m0/s1. The molecule has 1 fully saturated rings. The normalized spacial score (nSPS) is 21.1. The summed E-state index contributed by atoms with van der Waals surface area (Å²) in [6.45, 7) is 4.93. The number of nitrogens with zero attached hydrogens (tertiary/aromatic N) is 1. The summed E-state index contributed by atoms with van der Waals surface area (Å²) in [5, 5.41) is 12.7. The lowest BCUT2D eigenvalue weighted by Gasteiger charge is -2.29. The molecule has 2 amide bonds. The Morgan fingerprint density at radius 2 is 2.29 bits per heavy atom. The van der Waals surface area contributed by atoms with Gasteiger partial charge in [-0.25, -0.2) is 4.79 Å². The maximum Gasteiger partial charge on any atom is 0.322 e. The molecule has 1 aliphatic heterocycles. The summed E-state index contributed by atoms with van der Waals surface area (Å²) in [5.41, 5.74) is 1.65. The Balaban J connectivity index is 2.09. The van der Waals surface area contributed by atoms with E-state index in [0.29, 0.717) is 13.2 Å². The van der Waals surface area contributed by atoms with Crippen molar-refractivity contribution in [1.29, 1.82) is 0 Å². The van der Waals surface area contributed by atoms with E-state index in [2.05, 4.69) is 5.32 Å². The van der Waals surface area contributed by atoms with Gasteiger partial charge in [-0.3, -0.25) is 0 Å². The fourth-order valence-corrected chi connectivity index (χ4v) is 2.45. The van der Waals surface area contributed by atoms with Crippen molar-refractivity contribution in [3.05, 3.63) is 23.8 Å². The highest BCUT2D eigenvalue weighted by atomic mass is 16.5. The molecule has 0 bridgehead atoms. The minimum atomic E-state index is -0.632. The number of hydrogen-bond acceptors (Lipinski definition) is 4. The van der Waals surface area contributed by atoms with Gasteiger partial charge in [0.25, 0.3) is 0 Å². The fourth-order valence-electron chi connectivity index (χ4n) is 2.45. The topological polar surface area (TPSA) is 71.0 Å². The third-order valence-electron chi connectivity index (χ3n) is 3.70. The van der Waals surface area contributed by atoms with Gasteiger partial charge in [-0.1, -0.05) is 0 Å². The van der Waals surface area contributed by atoms with Crippen LogP contribution in [0, 0.1) is 6.92 Å². The molecule has 21 heavy (non-hydrogen) atoms. The van der Waals surface area contributed by atoms with Crippen LogP contribution in [0.4, 0.5) is 10.5 Å². The molecule has 2 N–H and O–H groups in total. The minimum absolute atomic E-state index is 0.236. The smallest absolute Gasteiger partial charge is 0.322 e. The van der Waals surface area contributed by atoms with Crippen molar-refractivity contribution in [2.24, 2.45) is 0 Å². The number of aliphatic hydroxyl groups is 1. The first-order valence-electron chi connectivity index (χ1n) is 7.05. The van der Waals surface area contributed by atoms with Gasteiger partial charge in [0.2, 0.25) is 0 Å². The van der Waals surface area contributed by atoms with Crippen molar-refractivity contribution >= 4 is 11.7 Å². The van der Waals surface area contributed by atoms with Crippen molar-refractivity contribution in [2.75, 3.05) is 32.2 Å². The number of urea groups is 1. The zero-order valence-corrected chi connectivity index (χ0v) is 12.6. The molecular weight excluding hydrogens is 272 g/mol. The Morgan fingerprint density at radius 3 is 2.81 bits per heavy atom. The van der Waals surface area contributed by atoms with Crippen LogP contribution in [0.3, 0.4) is 0 Å². The highest BCUT2D eigenvalue weighted by molar-refractivity contribution is 5.90. The van der Waals surface area contributed by atoms with E-state index < -0.39 is 6.10 Å². The number of hydrogen-bond donors (Lipinski definition) is 2. The van der Waals surface area contributed by atoms with E-state index >= 15 is 0 Å². The van der Waals surface area contributed by atoms with Gasteiger partial charge in [0.05, 0.1) is 32.5 Å². The molecule has 0 saturated carbocycles. The quantitative estimate of drug-likeness (QED) is 0.885. The SMILES string of the molecule is CCN(C(=O)Nc1ccc(OC)cc1C)[C@H]1COC[C@@H]1O. The molecule has 2 atom stereocenters. The number of ether oxygens (including phenoxy) is 2. The molecule has 2 rings (SSSR count). The third kappa shape index (κ3) is 3.46. The highest BCUT2D eigenvalue weighted by Gasteiger charge is 2.33. The molecule has 116 valence electrons. The van der Waals surface area contributed by atoms with E-state index in [1.54, 1.807) is 18.1 Å². The molecule has 0 unspecified atom stereocenters. The number of carbonyl (C=O) groups excluding carboxylic acids is 1. The van der Waals surface area contributed by atoms with Gasteiger partial charge < -0.3 is 24.8 Å². The second-order valence-corrected chi connectivity index (χ2v) is 5.07. The summed E-state index contributed by atoms with van der Waals surface area (Å²) in [6, 6.07) is 4.93. The predicted molar refractivity (Wildman–Crippen MR) is 79.7 cm³/mol. The number of likely N-dealkylation sites (N-methyl/N-ethyl adjacent to an activating group) is 1. The van der Waals surface area contributed by atoms with E-state index in [1.165, 1.54) is 0 Å². The van der Waals surface area contributed by atoms with Crippen molar-refractivity contribution in [3.8, 4) is 5.75 Å². The number of aliphatic hydroxyl groups excluding tert-OH is 1. The van der Waals surface area contributed by atoms with Crippen LogP contribution in [0.15, 0.2) is 18.2 Å². The first-order valence-corrected chi connectivity index (χ1v) is 7.05. The summed E-state index contributed by atoms with van der Waals surface area (Å²) in [6.07, 6.45) is -0.632. The molecule has 0 aromatic heterocycles. The van der Waals surface area contributed by atoms with E-state index in [-0.39, 0.29) is 18.7 Å². The van der Waals surface area contributed by atoms with Crippen molar-refractivity contribution in [3.63, 3.8) is 0 Å². The molecule has 0 spiro atoms. The first kappa shape index (κ1) is 15.6. The Kier molecular flexibility index (Phi) is 5.03. The largest absolute Gasteiger partial charge is 0.497 e. The van der Waals surface area contributed by atoms with Crippen molar-refractivity contribution in [1.82, 2.24) is 4.90 Å². The van der Waals surface area contributed by atoms with Gasteiger partial charge in [-0.05, 0) is 37.6 Å². The van der Waals surface area contributed by atoms with Crippen molar-refractivity contribution in [2.45, 2.75) is 26.0 Å². The van der Waals surface area contributed by atoms with Gasteiger partial charge in [0.1, 0.15) is 5.75 Å². The number of nitrogens with one attached hydrogen (secondary N) is 1. The molecule has 0 aliphatic carbocycles. The second kappa shape index (κ2) is 6.78. The summed E-state index contributed by atoms with van der Waals surface area (Å²) >= 11 is 0. The lowest BCUT2D eigenvalue weighted by Crippen LogP contribution is -2.48. The number of rotatable bonds is 4. The highest BCUT2D eigenvalue weighted by Crippen LogP contribution is 2.22. The lowest BCUT2D eigenvalue weighted by molar-refractivity contribution is 0.1000. The van der Waals surface area contributed by atoms with Crippen LogP contribution in [0.25, 0.3) is 0 Å². The molecule has 6 nitrogen and oxygen atoms in total. The number of benzene rings is 1. The Labute approximate surface area is 124 Å². The van der Waals surface area contributed by atoms with Crippen LogP contribution in [0.2, 0.25) is 0 Å². The average Bonchev–Trinajstić information content (AvgIpc) is 2.88. The van der Waals surface area contributed by atoms with E-state index in [1.807, 2.05) is 26.0 Å². The van der Waals surface area contributed by atoms with Gasteiger partial charge in [0.15, 0.2) is 0 Å². The molecular formula is C15H22N2O4. The summed E-state index contributed by atoms with van der Waals surface area (Å²) in [4.78, 5) is 14.0. The Morgan fingerprint density at radius 1 is 1.52 bits per heavy atom. The van der Waals surface area contributed by atoms with E-state index in [4.69, 9.17) is 9.47 Å². The number of methoxy groups -OCH3 is 1. The summed E-state index contributed by atoms with van der Waals surface area (Å²) < 4.78 is 10.4. The maximum atomic E-state index is 12.4. The monoisotopic (exact) mass is 294 g/mol. The van der Waals surface area contributed by atoms with Gasteiger partial charge >= 0.3 is 6.03 Å². The summed E-state index contributed by atoms with van der Waals surface area (Å²) in [7, 11) is 1.60. The molecule has 0 radical (unpaired) electrons. The number of anilines is 1. The van der Waals surface area contributed by atoms with Gasteiger partial charge in [0, 0.05) is 12.2 Å². The Hall–Kier alpha value is -1.79. The zero-order chi connectivity index (χ0) is 15.4. The minimum Gasteiger partial charge on any atom is -0.497 e. The Bertz CT molecular complexity index is 506. The van der Waals surface area contributed by atoms with Gasteiger partial charge in [-0.2, -0.15) is 0 Å². The van der Waals surface area contributed by atoms with Crippen LogP contribution >= 0.6 is 0 Å². The fraction of sp³-hybridized carbons (Fsp3) is 0.533. The number of carbonyl (C=O) groups is 1. The van der Waals surface area contributed by atoms with E-state index in [0.717, 1.165) is 17.0 Å². The maximum absolute atomic E-state index is 12.4. The zero-order valence-electron chi connectivity index (χ0n) is 12.6. The van der Waals surface area contributed by atoms with Crippen LogP contribution in [-0.4, -0.2) is 55.1 Å². The van der Waals surface area contributed by atoms with Crippen LogP contribution in [0.1, 0.15) is 12.5 Å². The predicted octanol–water partition coefficient (Wildman–Crippen LogP) is 1.62. The number of amides is 2. The van der Waals surface area contributed by atoms with Gasteiger partial charge in [-0.15, -0.1) is 0 Å². The molecule has 1 heterocycles. The van der Waals surface area contributed by atoms with Crippen molar-refractivity contribution < 1.29 is 19.4 Å². The first-order chi connectivity index (χ1) is 10.1. The summed E-state index contributed by atoms with van der Waals surface area (Å²) in [5.74, 6) is 0.748. The molecule has 1 saturated heterocycles. The van der Waals surface area contributed by atoms with E-state index in [9.17, 15) is 9.90 Å². The molecule has 1 aromatic carbocycles. The lowest BCUT2D eigenvalue weighted by atomic mass is 10.1. The third-order valence-corrected chi connectivity index (χ3v) is 3.70. The van der Waals surface area contributed by atoms with Crippen LogP contribution < -0.4 is 10.1 Å². The second-order valence-electron chi connectivity index (χ2n) is 5.07.